The molecule has 1 aliphatic heterocycles. The highest BCUT2D eigenvalue weighted by Crippen LogP contribution is 2.16. The summed E-state index contributed by atoms with van der Waals surface area (Å²) in [5.41, 5.74) is 2.71. The Morgan fingerprint density at radius 1 is 1.27 bits per heavy atom. The molecule has 6 heteroatoms. The summed E-state index contributed by atoms with van der Waals surface area (Å²) >= 11 is 1.67. The predicted octanol–water partition coefficient (Wildman–Crippen LogP) is 3.59. The highest BCUT2D eigenvalue weighted by atomic mass is 32.2. The minimum atomic E-state index is -0.253. The summed E-state index contributed by atoms with van der Waals surface area (Å²) in [5, 5.41) is 6.96. The number of amides is 1. The molecule has 0 saturated heterocycles. The van der Waals surface area contributed by atoms with E-state index in [-0.39, 0.29) is 17.8 Å². The van der Waals surface area contributed by atoms with Crippen LogP contribution in [0.4, 0.5) is 4.39 Å². The van der Waals surface area contributed by atoms with Gasteiger partial charge in [-0.15, -0.1) is 11.8 Å². The first-order valence-corrected chi connectivity index (χ1v) is 9.70. The summed E-state index contributed by atoms with van der Waals surface area (Å²) in [6, 6.07) is 14.4. The third-order valence-corrected chi connectivity index (χ3v) is 4.89. The number of nitrogens with one attached hydrogen (secondary N) is 1. The summed E-state index contributed by atoms with van der Waals surface area (Å²) < 4.78 is 13.2. The third kappa shape index (κ3) is 5.33. The van der Waals surface area contributed by atoms with Crippen molar-refractivity contribution in [2.24, 2.45) is 5.16 Å². The molecule has 0 spiro atoms. The van der Waals surface area contributed by atoms with Crippen LogP contribution >= 0.6 is 11.8 Å². The van der Waals surface area contributed by atoms with Crippen molar-refractivity contribution in [3.63, 3.8) is 0 Å². The maximum Gasteiger partial charge on any atom is 0.224 e. The Morgan fingerprint density at radius 3 is 2.81 bits per heavy atom. The van der Waals surface area contributed by atoms with Gasteiger partial charge in [0.2, 0.25) is 5.91 Å². The lowest BCUT2D eigenvalue weighted by Gasteiger charge is -2.10. The lowest BCUT2D eigenvalue weighted by atomic mass is 10.0. The maximum atomic E-state index is 13.2. The molecule has 0 bridgehead atoms. The number of benzene rings is 2. The normalized spacial score (nSPS) is 16.1. The predicted molar refractivity (Wildman–Crippen MR) is 102 cm³/mol. The molecule has 0 aliphatic carbocycles. The first-order chi connectivity index (χ1) is 12.6. The molecule has 2 aromatic carbocycles. The van der Waals surface area contributed by atoms with Crippen LogP contribution in [0.25, 0.3) is 0 Å². The monoisotopic (exact) mass is 372 g/mol. The molecule has 1 amide bonds. The SMILES string of the molecule is CSc1ccc(CC(=O)NC[C@@H]2CC(Cc3cccc(F)c3)=NO2)cc1. The van der Waals surface area contributed by atoms with Gasteiger partial charge in [0.1, 0.15) is 11.9 Å². The van der Waals surface area contributed by atoms with Crippen LogP contribution in [-0.4, -0.2) is 30.5 Å². The van der Waals surface area contributed by atoms with Crippen molar-refractivity contribution in [1.29, 1.82) is 0 Å². The van der Waals surface area contributed by atoms with E-state index >= 15 is 0 Å². The standard InChI is InChI=1S/C20H21FN2O2S/c1-26-19-7-5-14(6-8-19)11-20(24)22-13-18-12-17(23-25-18)10-15-3-2-4-16(21)9-15/h2-9,18H,10-13H2,1H3,(H,22,24)/t18-/m0/s1. The van der Waals surface area contributed by atoms with Crippen LogP contribution in [0.2, 0.25) is 0 Å². The number of hydrogen-bond donors (Lipinski definition) is 1. The Balaban J connectivity index is 1.41. The zero-order chi connectivity index (χ0) is 18.4. The maximum absolute atomic E-state index is 13.2. The highest BCUT2D eigenvalue weighted by Gasteiger charge is 2.21. The van der Waals surface area contributed by atoms with Crippen LogP contribution in [0.5, 0.6) is 0 Å². The van der Waals surface area contributed by atoms with Gasteiger partial charge in [-0.25, -0.2) is 4.39 Å². The van der Waals surface area contributed by atoms with Gasteiger partial charge >= 0.3 is 0 Å². The molecule has 1 atom stereocenters. The third-order valence-electron chi connectivity index (χ3n) is 4.14. The number of nitrogens with zero attached hydrogens (tertiary/aromatic N) is 1. The van der Waals surface area contributed by atoms with Crippen LogP contribution < -0.4 is 5.32 Å². The molecule has 0 unspecified atom stereocenters. The van der Waals surface area contributed by atoms with Crippen LogP contribution in [0.1, 0.15) is 17.5 Å². The van der Waals surface area contributed by atoms with Gasteiger partial charge in [-0.2, -0.15) is 0 Å². The molecular formula is C20H21FN2O2S. The Hall–Kier alpha value is -2.34. The number of halogens is 1. The van der Waals surface area contributed by atoms with E-state index < -0.39 is 0 Å². The fraction of sp³-hybridized carbons (Fsp3) is 0.300. The fourth-order valence-electron chi connectivity index (χ4n) is 2.80. The van der Waals surface area contributed by atoms with E-state index in [0.717, 1.165) is 16.8 Å². The number of oxime groups is 1. The van der Waals surface area contributed by atoms with E-state index in [4.69, 9.17) is 4.84 Å². The van der Waals surface area contributed by atoms with Gasteiger partial charge in [0, 0.05) is 17.7 Å². The van der Waals surface area contributed by atoms with Gasteiger partial charge in [-0.3, -0.25) is 4.79 Å². The Morgan fingerprint density at radius 2 is 2.08 bits per heavy atom. The number of carbonyl (C=O) groups excluding carboxylic acids is 1. The minimum absolute atomic E-state index is 0.0379. The first kappa shape index (κ1) is 18.5. The van der Waals surface area contributed by atoms with Crippen LogP contribution in [0.3, 0.4) is 0 Å². The van der Waals surface area contributed by atoms with E-state index in [1.165, 1.54) is 17.0 Å². The van der Waals surface area contributed by atoms with Gasteiger partial charge in [0.05, 0.1) is 18.7 Å². The molecule has 136 valence electrons. The number of thioether (sulfide) groups is 1. The largest absolute Gasteiger partial charge is 0.390 e. The van der Waals surface area contributed by atoms with Crippen molar-refractivity contribution in [1.82, 2.24) is 5.32 Å². The van der Waals surface area contributed by atoms with E-state index in [0.29, 0.717) is 25.8 Å². The molecule has 1 aliphatic rings. The summed E-state index contributed by atoms with van der Waals surface area (Å²) in [4.78, 5) is 18.6. The number of hydrogen-bond acceptors (Lipinski definition) is 4. The Labute approximate surface area is 156 Å². The molecule has 0 radical (unpaired) electrons. The zero-order valence-corrected chi connectivity index (χ0v) is 15.4. The van der Waals surface area contributed by atoms with Crippen LogP contribution in [0.15, 0.2) is 58.6 Å². The molecule has 0 saturated carbocycles. The van der Waals surface area contributed by atoms with E-state index in [9.17, 15) is 9.18 Å². The second-order valence-corrected chi connectivity index (χ2v) is 7.10. The van der Waals surface area contributed by atoms with Crippen molar-refractivity contribution in [3.8, 4) is 0 Å². The van der Waals surface area contributed by atoms with E-state index in [1.54, 1.807) is 17.8 Å². The van der Waals surface area contributed by atoms with Gasteiger partial charge in [0.15, 0.2) is 0 Å². The average molecular weight is 372 g/mol. The quantitative estimate of drug-likeness (QED) is 0.756. The molecule has 2 aromatic rings. The lowest BCUT2D eigenvalue weighted by molar-refractivity contribution is -0.121. The van der Waals surface area contributed by atoms with Gasteiger partial charge in [-0.1, -0.05) is 29.4 Å². The van der Waals surface area contributed by atoms with Crippen molar-refractivity contribution in [2.45, 2.75) is 30.3 Å². The summed E-state index contributed by atoms with van der Waals surface area (Å²) in [7, 11) is 0. The topological polar surface area (TPSA) is 50.7 Å². The fourth-order valence-corrected chi connectivity index (χ4v) is 3.21. The average Bonchev–Trinajstić information content (AvgIpc) is 3.08. The van der Waals surface area contributed by atoms with E-state index in [2.05, 4.69) is 10.5 Å². The summed E-state index contributed by atoms with van der Waals surface area (Å²) in [6.45, 7) is 0.415. The van der Waals surface area contributed by atoms with Crippen molar-refractivity contribution in [2.75, 3.05) is 12.8 Å². The molecule has 1 N–H and O–H groups in total. The number of carbonyl (C=O) groups is 1. The smallest absolute Gasteiger partial charge is 0.224 e. The second-order valence-electron chi connectivity index (χ2n) is 6.22. The van der Waals surface area contributed by atoms with E-state index in [1.807, 2.05) is 36.6 Å². The van der Waals surface area contributed by atoms with Crippen molar-refractivity contribution < 1.29 is 14.0 Å². The highest BCUT2D eigenvalue weighted by molar-refractivity contribution is 7.98. The van der Waals surface area contributed by atoms with Crippen molar-refractivity contribution >= 4 is 23.4 Å². The number of rotatable bonds is 7. The van der Waals surface area contributed by atoms with Gasteiger partial charge in [-0.05, 0) is 41.6 Å². The first-order valence-electron chi connectivity index (χ1n) is 8.48. The zero-order valence-electron chi connectivity index (χ0n) is 14.6. The van der Waals surface area contributed by atoms with Gasteiger partial charge < -0.3 is 10.2 Å². The Kier molecular flexibility index (Phi) is 6.28. The molecule has 0 aromatic heterocycles. The molecule has 4 nitrogen and oxygen atoms in total. The van der Waals surface area contributed by atoms with Gasteiger partial charge in [0.25, 0.3) is 0 Å². The second kappa shape index (κ2) is 8.85. The molecular weight excluding hydrogens is 351 g/mol. The molecule has 3 rings (SSSR count). The molecule has 0 fully saturated rings. The minimum Gasteiger partial charge on any atom is -0.390 e. The molecule has 1 heterocycles. The Bertz CT molecular complexity index is 793. The molecule has 26 heavy (non-hydrogen) atoms. The summed E-state index contributed by atoms with van der Waals surface area (Å²) in [5.74, 6) is -0.291. The lowest BCUT2D eigenvalue weighted by Crippen LogP contribution is -2.33. The summed E-state index contributed by atoms with van der Waals surface area (Å²) in [6.07, 6.45) is 3.40. The van der Waals surface area contributed by atoms with Crippen LogP contribution in [0, 0.1) is 5.82 Å². The van der Waals surface area contributed by atoms with Crippen molar-refractivity contribution in [3.05, 3.63) is 65.5 Å². The van der Waals surface area contributed by atoms with Crippen LogP contribution in [-0.2, 0) is 22.5 Å².